The smallest absolute Gasteiger partial charge is 0.225 e. The summed E-state index contributed by atoms with van der Waals surface area (Å²) in [6, 6.07) is 2.71. The van der Waals surface area contributed by atoms with E-state index in [9.17, 15) is 9.18 Å². The Morgan fingerprint density at radius 2 is 2.27 bits per heavy atom. The quantitative estimate of drug-likeness (QED) is 0.663. The summed E-state index contributed by atoms with van der Waals surface area (Å²) in [4.78, 5) is 15.0. The van der Waals surface area contributed by atoms with Crippen molar-refractivity contribution in [1.82, 2.24) is 4.98 Å². The summed E-state index contributed by atoms with van der Waals surface area (Å²) in [5, 5.41) is 3.49. The van der Waals surface area contributed by atoms with Gasteiger partial charge >= 0.3 is 0 Å². The summed E-state index contributed by atoms with van der Waals surface area (Å²) >= 11 is 3.29. The first-order valence-electron chi connectivity index (χ1n) is 4.70. The van der Waals surface area contributed by atoms with E-state index in [1.54, 1.807) is 0 Å². The third-order valence-corrected chi connectivity index (χ3v) is 2.34. The van der Waals surface area contributed by atoms with Crippen LogP contribution in [0.25, 0.3) is 0 Å². The van der Waals surface area contributed by atoms with E-state index in [0.29, 0.717) is 12.2 Å². The van der Waals surface area contributed by atoms with Gasteiger partial charge in [-0.05, 0) is 25.0 Å². The zero-order valence-electron chi connectivity index (χ0n) is 8.17. The standard InChI is InChI=1S/C10H12BrFN2O/c11-6-2-1-3-10(15)14-9-5-4-8(12)7-13-9/h4-5,7H,1-3,6H2,(H,13,14,15). The van der Waals surface area contributed by atoms with Crippen molar-refractivity contribution in [2.45, 2.75) is 19.3 Å². The highest BCUT2D eigenvalue weighted by Gasteiger charge is 2.02. The van der Waals surface area contributed by atoms with Crippen LogP contribution >= 0.6 is 15.9 Å². The monoisotopic (exact) mass is 274 g/mol. The maximum Gasteiger partial charge on any atom is 0.225 e. The van der Waals surface area contributed by atoms with Crippen LogP contribution in [-0.4, -0.2) is 16.2 Å². The van der Waals surface area contributed by atoms with Crippen LogP contribution in [0.2, 0.25) is 0 Å². The van der Waals surface area contributed by atoms with Gasteiger partial charge in [0.25, 0.3) is 0 Å². The molecular weight excluding hydrogens is 263 g/mol. The molecule has 1 aromatic rings. The Balaban J connectivity index is 2.34. The van der Waals surface area contributed by atoms with Crippen LogP contribution < -0.4 is 5.32 Å². The molecule has 0 fully saturated rings. The highest BCUT2D eigenvalue weighted by molar-refractivity contribution is 9.09. The average molecular weight is 275 g/mol. The van der Waals surface area contributed by atoms with E-state index in [4.69, 9.17) is 0 Å². The molecule has 1 amide bonds. The summed E-state index contributed by atoms with van der Waals surface area (Å²) in [5.74, 6) is -0.109. The minimum atomic E-state index is -0.410. The predicted octanol–water partition coefficient (Wildman–Crippen LogP) is 2.72. The van der Waals surface area contributed by atoms with Crippen LogP contribution in [0.3, 0.4) is 0 Å². The maximum absolute atomic E-state index is 12.5. The number of hydrogen-bond acceptors (Lipinski definition) is 2. The molecule has 0 aliphatic rings. The molecule has 1 aromatic heterocycles. The minimum Gasteiger partial charge on any atom is -0.311 e. The number of alkyl halides is 1. The van der Waals surface area contributed by atoms with Gasteiger partial charge in [0, 0.05) is 11.8 Å². The lowest BCUT2D eigenvalue weighted by molar-refractivity contribution is -0.116. The van der Waals surface area contributed by atoms with Crippen molar-refractivity contribution in [1.29, 1.82) is 0 Å². The lowest BCUT2D eigenvalue weighted by Gasteiger charge is -2.03. The Hall–Kier alpha value is -0.970. The van der Waals surface area contributed by atoms with Crippen LogP contribution in [-0.2, 0) is 4.79 Å². The molecule has 0 aromatic carbocycles. The molecule has 0 aliphatic carbocycles. The van der Waals surface area contributed by atoms with Gasteiger partial charge in [-0.2, -0.15) is 0 Å². The van der Waals surface area contributed by atoms with Gasteiger partial charge < -0.3 is 5.32 Å². The highest BCUT2D eigenvalue weighted by atomic mass is 79.9. The number of aromatic nitrogens is 1. The molecule has 1 rings (SSSR count). The summed E-state index contributed by atoms with van der Waals surface area (Å²) in [7, 11) is 0. The topological polar surface area (TPSA) is 42.0 Å². The molecule has 0 saturated heterocycles. The van der Waals surface area contributed by atoms with E-state index >= 15 is 0 Å². The third-order valence-electron chi connectivity index (χ3n) is 1.78. The highest BCUT2D eigenvalue weighted by Crippen LogP contribution is 2.05. The predicted molar refractivity (Wildman–Crippen MR) is 60.5 cm³/mol. The van der Waals surface area contributed by atoms with Crippen LogP contribution in [0, 0.1) is 5.82 Å². The fourth-order valence-electron chi connectivity index (χ4n) is 1.04. The molecule has 82 valence electrons. The molecule has 0 atom stereocenters. The second-order valence-corrected chi connectivity index (χ2v) is 3.85. The second kappa shape index (κ2) is 6.50. The number of pyridine rings is 1. The SMILES string of the molecule is O=C(CCCCBr)Nc1ccc(F)cn1. The van der Waals surface area contributed by atoms with Crippen molar-refractivity contribution < 1.29 is 9.18 Å². The number of hydrogen-bond donors (Lipinski definition) is 1. The largest absolute Gasteiger partial charge is 0.311 e. The number of nitrogens with one attached hydrogen (secondary N) is 1. The summed E-state index contributed by atoms with van der Waals surface area (Å²) in [6.07, 6.45) is 3.33. The zero-order valence-corrected chi connectivity index (χ0v) is 9.76. The first-order valence-corrected chi connectivity index (χ1v) is 5.82. The molecule has 3 nitrogen and oxygen atoms in total. The fraction of sp³-hybridized carbons (Fsp3) is 0.400. The lowest BCUT2D eigenvalue weighted by atomic mass is 10.2. The Morgan fingerprint density at radius 1 is 1.47 bits per heavy atom. The molecule has 0 saturated carbocycles. The summed E-state index contributed by atoms with van der Waals surface area (Å²) in [6.45, 7) is 0. The molecular formula is C10H12BrFN2O. The fourth-order valence-corrected chi connectivity index (χ4v) is 1.43. The van der Waals surface area contributed by atoms with E-state index < -0.39 is 5.82 Å². The number of nitrogens with zero attached hydrogens (tertiary/aromatic N) is 1. The van der Waals surface area contributed by atoms with Gasteiger partial charge in [0.1, 0.15) is 11.6 Å². The Morgan fingerprint density at radius 3 is 2.87 bits per heavy atom. The molecule has 1 N–H and O–H groups in total. The van der Waals surface area contributed by atoms with Crippen molar-refractivity contribution in [3.63, 3.8) is 0 Å². The van der Waals surface area contributed by atoms with Crippen LogP contribution in [0.5, 0.6) is 0 Å². The molecule has 0 bridgehead atoms. The lowest BCUT2D eigenvalue weighted by Crippen LogP contribution is -2.12. The molecule has 0 aliphatic heterocycles. The Labute approximate surface area is 96.2 Å². The summed E-state index contributed by atoms with van der Waals surface area (Å²) < 4.78 is 12.5. The van der Waals surface area contributed by atoms with Gasteiger partial charge in [0.05, 0.1) is 6.20 Å². The van der Waals surface area contributed by atoms with Crippen molar-refractivity contribution in [2.75, 3.05) is 10.6 Å². The maximum atomic E-state index is 12.5. The Kier molecular flexibility index (Phi) is 5.25. The number of halogens is 2. The number of unbranched alkanes of at least 4 members (excludes halogenated alkanes) is 1. The van der Waals surface area contributed by atoms with E-state index in [1.165, 1.54) is 12.1 Å². The third kappa shape index (κ3) is 4.88. The van der Waals surface area contributed by atoms with Crippen molar-refractivity contribution >= 4 is 27.7 Å². The normalized spacial score (nSPS) is 10.0. The zero-order chi connectivity index (χ0) is 11.1. The van der Waals surface area contributed by atoms with E-state index in [-0.39, 0.29) is 5.91 Å². The average Bonchev–Trinajstić information content (AvgIpc) is 2.22. The number of amides is 1. The molecule has 15 heavy (non-hydrogen) atoms. The van der Waals surface area contributed by atoms with E-state index in [2.05, 4.69) is 26.2 Å². The van der Waals surface area contributed by atoms with Crippen molar-refractivity contribution in [3.05, 3.63) is 24.1 Å². The number of rotatable bonds is 5. The van der Waals surface area contributed by atoms with Gasteiger partial charge in [0.2, 0.25) is 5.91 Å². The molecule has 0 unspecified atom stereocenters. The van der Waals surface area contributed by atoms with E-state index in [0.717, 1.165) is 24.4 Å². The summed E-state index contributed by atoms with van der Waals surface area (Å²) in [5.41, 5.74) is 0. The van der Waals surface area contributed by atoms with Gasteiger partial charge in [-0.3, -0.25) is 4.79 Å². The molecule has 0 spiro atoms. The van der Waals surface area contributed by atoms with Crippen LogP contribution in [0.4, 0.5) is 10.2 Å². The second-order valence-electron chi connectivity index (χ2n) is 3.06. The molecule has 5 heteroatoms. The van der Waals surface area contributed by atoms with Crippen LogP contribution in [0.15, 0.2) is 18.3 Å². The first-order chi connectivity index (χ1) is 7.22. The number of anilines is 1. The minimum absolute atomic E-state index is 0.0879. The molecule has 1 heterocycles. The van der Waals surface area contributed by atoms with E-state index in [1.807, 2.05) is 0 Å². The first kappa shape index (κ1) is 12.1. The van der Waals surface area contributed by atoms with Gasteiger partial charge in [-0.25, -0.2) is 9.37 Å². The van der Waals surface area contributed by atoms with Crippen molar-refractivity contribution in [3.8, 4) is 0 Å². The van der Waals surface area contributed by atoms with Gasteiger partial charge in [-0.1, -0.05) is 15.9 Å². The van der Waals surface area contributed by atoms with Gasteiger partial charge in [-0.15, -0.1) is 0 Å². The Bertz CT molecular complexity index is 316. The number of carbonyl (C=O) groups is 1. The number of carbonyl (C=O) groups excluding carboxylic acids is 1. The van der Waals surface area contributed by atoms with Gasteiger partial charge in [0.15, 0.2) is 0 Å². The van der Waals surface area contributed by atoms with Crippen LogP contribution in [0.1, 0.15) is 19.3 Å². The molecule has 0 radical (unpaired) electrons. The van der Waals surface area contributed by atoms with Crippen molar-refractivity contribution in [2.24, 2.45) is 0 Å².